The van der Waals surface area contributed by atoms with Crippen molar-refractivity contribution in [1.82, 2.24) is 0 Å². The minimum Gasteiger partial charge on any atom is -0.293 e. The molecular formula is C17H21N. The zero-order valence-corrected chi connectivity index (χ0v) is 11.3. The minimum absolute atomic E-state index is 0.531. The van der Waals surface area contributed by atoms with Gasteiger partial charge in [-0.3, -0.25) is 4.99 Å². The molecule has 3 unspecified atom stereocenters. The molecule has 1 aliphatic carbocycles. The first kappa shape index (κ1) is 12.8. The Morgan fingerprint density at radius 2 is 1.94 bits per heavy atom. The van der Waals surface area contributed by atoms with Crippen molar-refractivity contribution in [2.75, 3.05) is 7.05 Å². The first-order valence-corrected chi connectivity index (χ1v) is 6.49. The molecule has 0 aliphatic heterocycles. The summed E-state index contributed by atoms with van der Waals surface area (Å²) >= 11 is 0. The SMILES string of the molecule is C=CC(=NC)C1C(C)C1C(=C)Cc1ccccc1. The quantitative estimate of drug-likeness (QED) is 0.545. The van der Waals surface area contributed by atoms with Crippen LogP contribution in [0.25, 0.3) is 0 Å². The summed E-state index contributed by atoms with van der Waals surface area (Å²) < 4.78 is 0. The molecule has 0 aromatic heterocycles. The maximum absolute atomic E-state index is 4.32. The highest BCUT2D eigenvalue weighted by Crippen LogP contribution is 2.51. The summed E-state index contributed by atoms with van der Waals surface area (Å²) in [4.78, 5) is 4.32. The van der Waals surface area contributed by atoms with E-state index in [1.807, 2.05) is 19.2 Å². The number of hydrogen-bond acceptors (Lipinski definition) is 1. The van der Waals surface area contributed by atoms with E-state index < -0.39 is 0 Å². The summed E-state index contributed by atoms with van der Waals surface area (Å²) in [7, 11) is 1.85. The topological polar surface area (TPSA) is 12.4 Å². The molecule has 94 valence electrons. The average Bonchev–Trinajstić information content (AvgIpc) is 3.04. The van der Waals surface area contributed by atoms with Gasteiger partial charge >= 0.3 is 0 Å². The Balaban J connectivity index is 2.02. The summed E-state index contributed by atoms with van der Waals surface area (Å²) in [5, 5.41) is 0. The van der Waals surface area contributed by atoms with E-state index in [9.17, 15) is 0 Å². The molecule has 0 radical (unpaired) electrons. The Labute approximate surface area is 110 Å². The fourth-order valence-electron chi connectivity index (χ4n) is 2.89. The van der Waals surface area contributed by atoms with Gasteiger partial charge in [0, 0.05) is 18.7 Å². The second kappa shape index (κ2) is 5.34. The number of rotatable bonds is 5. The van der Waals surface area contributed by atoms with Crippen LogP contribution in [0, 0.1) is 17.8 Å². The van der Waals surface area contributed by atoms with E-state index in [0.717, 1.165) is 12.1 Å². The average molecular weight is 239 g/mol. The number of allylic oxidation sites excluding steroid dienone is 2. The van der Waals surface area contributed by atoms with Gasteiger partial charge in [0.05, 0.1) is 0 Å². The molecule has 0 spiro atoms. The molecule has 1 aliphatic rings. The summed E-state index contributed by atoms with van der Waals surface area (Å²) in [5.74, 6) is 1.75. The monoisotopic (exact) mass is 239 g/mol. The van der Waals surface area contributed by atoms with E-state index in [2.05, 4.69) is 49.3 Å². The van der Waals surface area contributed by atoms with Crippen LogP contribution in [0.15, 0.2) is 60.1 Å². The molecule has 1 heteroatoms. The summed E-state index contributed by atoms with van der Waals surface area (Å²) in [6.45, 7) is 10.4. The Kier molecular flexibility index (Phi) is 3.81. The van der Waals surface area contributed by atoms with Crippen LogP contribution >= 0.6 is 0 Å². The van der Waals surface area contributed by atoms with E-state index >= 15 is 0 Å². The van der Waals surface area contributed by atoms with Gasteiger partial charge in [-0.2, -0.15) is 0 Å². The molecule has 0 amide bonds. The van der Waals surface area contributed by atoms with E-state index in [-0.39, 0.29) is 0 Å². The first-order valence-electron chi connectivity index (χ1n) is 6.49. The van der Waals surface area contributed by atoms with Gasteiger partial charge in [0.2, 0.25) is 0 Å². The van der Waals surface area contributed by atoms with Crippen molar-refractivity contribution in [3.8, 4) is 0 Å². The highest BCUT2D eigenvalue weighted by atomic mass is 14.7. The molecule has 1 aromatic carbocycles. The van der Waals surface area contributed by atoms with Gasteiger partial charge in [0.15, 0.2) is 0 Å². The number of hydrogen-bond donors (Lipinski definition) is 0. The molecule has 1 nitrogen and oxygen atoms in total. The van der Waals surface area contributed by atoms with Crippen LogP contribution in [0.2, 0.25) is 0 Å². The molecule has 2 rings (SSSR count). The van der Waals surface area contributed by atoms with Crippen molar-refractivity contribution < 1.29 is 0 Å². The lowest BCUT2D eigenvalue weighted by molar-refractivity contribution is 0.831. The molecule has 18 heavy (non-hydrogen) atoms. The third-order valence-corrected chi connectivity index (χ3v) is 3.93. The van der Waals surface area contributed by atoms with Crippen molar-refractivity contribution in [2.24, 2.45) is 22.7 Å². The Morgan fingerprint density at radius 1 is 1.28 bits per heavy atom. The van der Waals surface area contributed by atoms with Crippen molar-refractivity contribution >= 4 is 5.71 Å². The molecule has 0 heterocycles. The second-order valence-electron chi connectivity index (χ2n) is 5.08. The van der Waals surface area contributed by atoms with E-state index in [1.165, 1.54) is 11.1 Å². The summed E-state index contributed by atoms with van der Waals surface area (Å²) in [6, 6.07) is 10.5. The highest BCUT2D eigenvalue weighted by molar-refractivity contribution is 5.99. The Hall–Kier alpha value is -1.63. The molecule has 0 saturated heterocycles. The second-order valence-corrected chi connectivity index (χ2v) is 5.08. The fraction of sp³-hybridized carbons (Fsp3) is 0.353. The van der Waals surface area contributed by atoms with Crippen LogP contribution in [-0.4, -0.2) is 12.8 Å². The van der Waals surface area contributed by atoms with Crippen molar-refractivity contribution in [2.45, 2.75) is 13.3 Å². The molecule has 1 aromatic rings. The van der Waals surface area contributed by atoms with Crippen molar-refractivity contribution in [3.05, 3.63) is 60.7 Å². The van der Waals surface area contributed by atoms with Gasteiger partial charge in [-0.25, -0.2) is 0 Å². The van der Waals surface area contributed by atoms with Gasteiger partial charge in [0.1, 0.15) is 0 Å². The lowest BCUT2D eigenvalue weighted by Gasteiger charge is -2.05. The maximum atomic E-state index is 4.32. The number of aliphatic imine (C=N–C) groups is 1. The Bertz CT molecular complexity index is 470. The fourth-order valence-corrected chi connectivity index (χ4v) is 2.89. The normalized spacial score (nSPS) is 26.8. The first-order chi connectivity index (χ1) is 8.69. The maximum Gasteiger partial charge on any atom is 0.0378 e. The van der Waals surface area contributed by atoms with Crippen LogP contribution in [-0.2, 0) is 6.42 Å². The predicted molar refractivity (Wildman–Crippen MR) is 79.0 cm³/mol. The molecule has 3 atom stereocenters. The number of nitrogens with zero attached hydrogens (tertiary/aromatic N) is 1. The van der Waals surface area contributed by atoms with Gasteiger partial charge in [-0.1, -0.05) is 56.0 Å². The van der Waals surface area contributed by atoms with Crippen molar-refractivity contribution in [1.29, 1.82) is 0 Å². The third kappa shape index (κ3) is 2.45. The van der Waals surface area contributed by atoms with Crippen LogP contribution in [0.3, 0.4) is 0 Å². The van der Waals surface area contributed by atoms with E-state index in [4.69, 9.17) is 0 Å². The van der Waals surface area contributed by atoms with Crippen molar-refractivity contribution in [3.63, 3.8) is 0 Å². The molecule has 0 bridgehead atoms. The molecular weight excluding hydrogens is 218 g/mol. The van der Waals surface area contributed by atoms with Crippen LogP contribution in [0.5, 0.6) is 0 Å². The van der Waals surface area contributed by atoms with Gasteiger partial charge in [-0.15, -0.1) is 0 Å². The zero-order valence-electron chi connectivity index (χ0n) is 11.3. The summed E-state index contributed by atoms with van der Waals surface area (Å²) in [5.41, 5.74) is 3.79. The minimum atomic E-state index is 0.531. The molecule has 0 N–H and O–H groups in total. The highest BCUT2D eigenvalue weighted by Gasteiger charge is 2.49. The number of benzene rings is 1. The molecule has 1 fully saturated rings. The third-order valence-electron chi connectivity index (χ3n) is 3.93. The standard InChI is InChI=1S/C17H21N/c1-5-15(18-4)17-13(3)16(17)12(2)11-14-9-7-6-8-10-14/h5-10,13,16-17H,1-2,11H2,3-4H3. The zero-order chi connectivity index (χ0) is 13.1. The van der Waals surface area contributed by atoms with E-state index in [1.54, 1.807) is 0 Å². The lowest BCUT2D eigenvalue weighted by Crippen LogP contribution is -2.01. The lowest BCUT2D eigenvalue weighted by atomic mass is 10.0. The Morgan fingerprint density at radius 3 is 2.50 bits per heavy atom. The van der Waals surface area contributed by atoms with E-state index in [0.29, 0.717) is 17.8 Å². The smallest absolute Gasteiger partial charge is 0.0378 e. The predicted octanol–water partition coefficient (Wildman–Crippen LogP) is 3.92. The molecule has 1 saturated carbocycles. The largest absolute Gasteiger partial charge is 0.293 e. The van der Waals surface area contributed by atoms with Crippen LogP contribution in [0.1, 0.15) is 12.5 Å². The van der Waals surface area contributed by atoms with Gasteiger partial charge in [-0.05, 0) is 29.9 Å². The van der Waals surface area contributed by atoms with Crippen LogP contribution < -0.4 is 0 Å². The van der Waals surface area contributed by atoms with Gasteiger partial charge < -0.3 is 0 Å². The van der Waals surface area contributed by atoms with Gasteiger partial charge in [0.25, 0.3) is 0 Å². The summed E-state index contributed by atoms with van der Waals surface area (Å²) in [6.07, 6.45) is 2.86. The van der Waals surface area contributed by atoms with Crippen LogP contribution in [0.4, 0.5) is 0 Å².